The summed E-state index contributed by atoms with van der Waals surface area (Å²) in [5.74, 6) is 1.68. The van der Waals surface area contributed by atoms with Crippen LogP contribution in [0.1, 0.15) is 38.0 Å². The van der Waals surface area contributed by atoms with E-state index in [-0.39, 0.29) is 0 Å². The molecule has 104 valence electrons. The number of nitrogens with one attached hydrogen (secondary N) is 2. The highest BCUT2D eigenvalue weighted by molar-refractivity contribution is 7.18. The Kier molecular flexibility index (Phi) is 4.96. The molecule has 0 aliphatic heterocycles. The summed E-state index contributed by atoms with van der Waals surface area (Å²) in [7, 11) is 0. The summed E-state index contributed by atoms with van der Waals surface area (Å²) < 4.78 is 0. The van der Waals surface area contributed by atoms with Crippen LogP contribution in [-0.4, -0.2) is 23.1 Å². The number of hydrogen-bond acceptors (Lipinski definition) is 5. The highest BCUT2D eigenvalue weighted by Crippen LogP contribution is 2.29. The van der Waals surface area contributed by atoms with Gasteiger partial charge >= 0.3 is 0 Å². The molecule has 0 fully saturated rings. The average molecular weight is 278 g/mol. The fraction of sp³-hybridized carbons (Fsp3) is 0.571. The third-order valence-corrected chi connectivity index (χ3v) is 3.87. The molecule has 0 aliphatic carbocycles. The Morgan fingerprint density at radius 2 is 2.00 bits per heavy atom. The van der Waals surface area contributed by atoms with Gasteiger partial charge in [-0.3, -0.25) is 0 Å². The van der Waals surface area contributed by atoms with Crippen LogP contribution in [0.2, 0.25) is 0 Å². The number of unbranched alkanes of at least 4 members (excludes halogenated alkanes) is 2. The maximum atomic E-state index is 4.57. The van der Waals surface area contributed by atoms with Crippen molar-refractivity contribution in [1.82, 2.24) is 9.97 Å². The predicted molar refractivity (Wildman–Crippen MR) is 84.3 cm³/mol. The van der Waals surface area contributed by atoms with Gasteiger partial charge in [0, 0.05) is 18.0 Å². The summed E-state index contributed by atoms with van der Waals surface area (Å²) in [6, 6.07) is 2.16. The lowest BCUT2D eigenvalue weighted by Gasteiger charge is -2.08. The van der Waals surface area contributed by atoms with Crippen molar-refractivity contribution in [2.24, 2.45) is 0 Å². The number of aryl methyl sites for hydroxylation is 1. The predicted octanol–water partition coefficient (Wildman–Crippen LogP) is 4.03. The van der Waals surface area contributed by atoms with Crippen molar-refractivity contribution in [3.05, 3.63) is 10.9 Å². The zero-order valence-electron chi connectivity index (χ0n) is 11.9. The standard InChI is InChI=1S/C14H22N4S/c1-4-6-7-8-16-12-11-9-10(3)19-13(11)18-14(17-12)15-5-2/h9H,4-8H2,1-3H3,(H2,15,16,17,18). The van der Waals surface area contributed by atoms with E-state index in [4.69, 9.17) is 0 Å². The minimum Gasteiger partial charge on any atom is -0.369 e. The fourth-order valence-electron chi connectivity index (χ4n) is 2.00. The highest BCUT2D eigenvalue weighted by atomic mass is 32.1. The van der Waals surface area contributed by atoms with Gasteiger partial charge in [0.2, 0.25) is 5.95 Å². The molecule has 5 heteroatoms. The number of hydrogen-bond donors (Lipinski definition) is 2. The van der Waals surface area contributed by atoms with E-state index in [1.807, 2.05) is 0 Å². The summed E-state index contributed by atoms with van der Waals surface area (Å²) in [6.07, 6.45) is 3.67. The molecule has 0 saturated carbocycles. The smallest absolute Gasteiger partial charge is 0.226 e. The molecule has 19 heavy (non-hydrogen) atoms. The van der Waals surface area contributed by atoms with Crippen LogP contribution in [0.4, 0.5) is 11.8 Å². The molecule has 0 radical (unpaired) electrons. The third kappa shape index (κ3) is 3.56. The van der Waals surface area contributed by atoms with Gasteiger partial charge in [0.25, 0.3) is 0 Å². The van der Waals surface area contributed by atoms with Crippen molar-refractivity contribution in [2.75, 3.05) is 23.7 Å². The first-order valence-electron chi connectivity index (χ1n) is 7.00. The Morgan fingerprint density at radius 1 is 1.16 bits per heavy atom. The second-order valence-corrected chi connectivity index (χ2v) is 5.87. The normalized spacial score (nSPS) is 10.9. The molecule has 2 heterocycles. The first-order chi connectivity index (χ1) is 9.24. The maximum Gasteiger partial charge on any atom is 0.226 e. The quantitative estimate of drug-likeness (QED) is 0.751. The Balaban J connectivity index is 2.22. The average Bonchev–Trinajstić information content (AvgIpc) is 2.75. The van der Waals surface area contributed by atoms with Crippen LogP contribution in [0.25, 0.3) is 10.2 Å². The molecule has 0 amide bonds. The minimum atomic E-state index is 0.717. The van der Waals surface area contributed by atoms with E-state index in [2.05, 4.69) is 47.4 Å². The van der Waals surface area contributed by atoms with Gasteiger partial charge in [0.1, 0.15) is 10.6 Å². The summed E-state index contributed by atoms with van der Waals surface area (Å²) in [4.78, 5) is 11.5. The third-order valence-electron chi connectivity index (χ3n) is 2.92. The molecule has 0 aromatic carbocycles. The number of fused-ring (bicyclic) bond motifs is 1. The van der Waals surface area contributed by atoms with Crippen molar-refractivity contribution in [2.45, 2.75) is 40.0 Å². The lowest BCUT2D eigenvalue weighted by Crippen LogP contribution is -2.07. The molecule has 0 spiro atoms. The Bertz CT molecular complexity index is 535. The monoisotopic (exact) mass is 278 g/mol. The fourth-order valence-corrected chi connectivity index (χ4v) is 2.88. The van der Waals surface area contributed by atoms with Crippen LogP contribution in [0.15, 0.2) is 6.07 Å². The molecule has 0 saturated heterocycles. The van der Waals surface area contributed by atoms with Crippen molar-refractivity contribution >= 4 is 33.3 Å². The van der Waals surface area contributed by atoms with Crippen LogP contribution in [0.3, 0.4) is 0 Å². The first kappa shape index (κ1) is 14.1. The molecular weight excluding hydrogens is 256 g/mol. The Labute approximate surface area is 118 Å². The van der Waals surface area contributed by atoms with Crippen molar-refractivity contribution in [3.63, 3.8) is 0 Å². The largest absolute Gasteiger partial charge is 0.369 e. The van der Waals surface area contributed by atoms with Crippen LogP contribution >= 0.6 is 11.3 Å². The number of anilines is 2. The maximum absolute atomic E-state index is 4.57. The lowest BCUT2D eigenvalue weighted by atomic mass is 10.2. The molecule has 0 unspecified atom stereocenters. The van der Waals surface area contributed by atoms with E-state index < -0.39 is 0 Å². The zero-order chi connectivity index (χ0) is 13.7. The molecule has 2 aromatic rings. The molecule has 0 atom stereocenters. The number of aromatic nitrogens is 2. The lowest BCUT2D eigenvalue weighted by molar-refractivity contribution is 0.742. The van der Waals surface area contributed by atoms with E-state index >= 15 is 0 Å². The minimum absolute atomic E-state index is 0.717. The van der Waals surface area contributed by atoms with Gasteiger partial charge < -0.3 is 10.6 Å². The molecule has 0 aliphatic rings. The van der Waals surface area contributed by atoms with Gasteiger partial charge in [-0.05, 0) is 26.3 Å². The SMILES string of the molecule is CCCCCNc1nc(NCC)nc2sc(C)cc12. The van der Waals surface area contributed by atoms with Gasteiger partial charge in [0.05, 0.1) is 5.39 Å². The van der Waals surface area contributed by atoms with Gasteiger partial charge in [-0.2, -0.15) is 4.98 Å². The first-order valence-corrected chi connectivity index (χ1v) is 7.82. The van der Waals surface area contributed by atoms with E-state index in [9.17, 15) is 0 Å². The Morgan fingerprint density at radius 3 is 2.74 bits per heavy atom. The number of rotatable bonds is 7. The molecule has 2 aromatic heterocycles. The molecular formula is C14H22N4S. The van der Waals surface area contributed by atoms with Gasteiger partial charge in [-0.15, -0.1) is 11.3 Å². The van der Waals surface area contributed by atoms with Gasteiger partial charge in [0.15, 0.2) is 0 Å². The molecule has 0 bridgehead atoms. The van der Waals surface area contributed by atoms with Gasteiger partial charge in [-0.1, -0.05) is 19.8 Å². The molecule has 2 N–H and O–H groups in total. The Hall–Kier alpha value is -1.36. The number of thiophene rings is 1. The molecule has 4 nitrogen and oxygen atoms in total. The topological polar surface area (TPSA) is 49.8 Å². The summed E-state index contributed by atoms with van der Waals surface area (Å²) in [5.41, 5.74) is 0. The second kappa shape index (κ2) is 6.70. The highest BCUT2D eigenvalue weighted by Gasteiger charge is 2.09. The van der Waals surface area contributed by atoms with Crippen LogP contribution in [-0.2, 0) is 0 Å². The van der Waals surface area contributed by atoms with Crippen LogP contribution < -0.4 is 10.6 Å². The van der Waals surface area contributed by atoms with Crippen molar-refractivity contribution in [1.29, 1.82) is 0 Å². The number of nitrogens with zero attached hydrogens (tertiary/aromatic N) is 2. The summed E-state index contributed by atoms with van der Waals surface area (Å²) in [5, 5.41) is 7.78. The van der Waals surface area contributed by atoms with E-state index in [0.717, 1.165) is 35.1 Å². The second-order valence-electron chi connectivity index (χ2n) is 4.64. The van der Waals surface area contributed by atoms with Crippen molar-refractivity contribution < 1.29 is 0 Å². The van der Waals surface area contributed by atoms with Crippen LogP contribution in [0, 0.1) is 6.92 Å². The van der Waals surface area contributed by atoms with E-state index in [1.165, 1.54) is 24.1 Å². The van der Waals surface area contributed by atoms with Gasteiger partial charge in [-0.25, -0.2) is 4.98 Å². The van der Waals surface area contributed by atoms with Crippen LogP contribution in [0.5, 0.6) is 0 Å². The summed E-state index contributed by atoms with van der Waals surface area (Å²) >= 11 is 1.72. The van der Waals surface area contributed by atoms with E-state index in [1.54, 1.807) is 11.3 Å². The van der Waals surface area contributed by atoms with Crippen molar-refractivity contribution in [3.8, 4) is 0 Å². The molecule has 2 rings (SSSR count). The van der Waals surface area contributed by atoms with E-state index in [0.29, 0.717) is 0 Å². The zero-order valence-corrected chi connectivity index (χ0v) is 12.7. The summed E-state index contributed by atoms with van der Waals surface area (Å²) in [6.45, 7) is 8.20.